The maximum atomic E-state index is 12.5. The van der Waals surface area contributed by atoms with Crippen molar-refractivity contribution in [3.8, 4) is 0 Å². The van der Waals surface area contributed by atoms with Gasteiger partial charge in [0, 0.05) is 17.2 Å². The van der Waals surface area contributed by atoms with Crippen molar-refractivity contribution in [1.82, 2.24) is 0 Å². The minimum atomic E-state index is -0.463. The molecule has 0 atom stereocenters. The molecule has 23 heavy (non-hydrogen) atoms. The quantitative estimate of drug-likeness (QED) is 0.831. The summed E-state index contributed by atoms with van der Waals surface area (Å²) in [5.41, 5.74) is 7.26. The van der Waals surface area contributed by atoms with Crippen molar-refractivity contribution in [3.63, 3.8) is 0 Å². The van der Waals surface area contributed by atoms with Gasteiger partial charge >= 0.3 is 0 Å². The van der Waals surface area contributed by atoms with E-state index in [1.54, 1.807) is 12.1 Å². The summed E-state index contributed by atoms with van der Waals surface area (Å²) < 4.78 is 0. The van der Waals surface area contributed by atoms with Crippen molar-refractivity contribution in [2.24, 2.45) is 17.6 Å². The molecule has 0 aliphatic heterocycles. The van der Waals surface area contributed by atoms with Crippen molar-refractivity contribution in [2.75, 3.05) is 5.32 Å². The fourth-order valence-corrected chi connectivity index (χ4v) is 3.48. The number of primary amides is 1. The predicted octanol–water partition coefficient (Wildman–Crippen LogP) is 4.03. The lowest BCUT2D eigenvalue weighted by molar-refractivity contribution is -0.121. The van der Waals surface area contributed by atoms with Crippen LogP contribution in [0.25, 0.3) is 0 Å². The molecule has 0 spiro atoms. The van der Waals surface area contributed by atoms with Gasteiger partial charge in [-0.1, -0.05) is 32.3 Å². The van der Waals surface area contributed by atoms with Crippen molar-refractivity contribution in [3.05, 3.63) is 29.3 Å². The minimum absolute atomic E-state index is 0.0728. The number of anilines is 1. The van der Waals surface area contributed by atoms with E-state index in [0.29, 0.717) is 11.3 Å². The van der Waals surface area contributed by atoms with Crippen LogP contribution < -0.4 is 11.1 Å². The Hall–Kier alpha value is -1.84. The number of nitrogens with two attached hydrogens (primary N) is 1. The molecule has 1 aliphatic rings. The Kier molecular flexibility index (Phi) is 6.20. The van der Waals surface area contributed by atoms with Gasteiger partial charge in [-0.2, -0.15) is 0 Å². The average Bonchev–Trinajstić information content (AvgIpc) is 2.55. The fourth-order valence-electron chi connectivity index (χ4n) is 3.48. The standard InChI is InChI=1S/C19H28N2O2/c1-3-4-6-14-9-11-15(12-10-14)19(23)21-17-8-5-7-16(13(17)2)18(20)22/h5,7-8,14-15H,3-4,6,9-12H2,1-2H3,(H2,20,22)(H,21,23). The number of carbonyl (C=O) groups excluding carboxylic acids is 2. The van der Waals surface area contributed by atoms with Crippen LogP contribution in [-0.4, -0.2) is 11.8 Å². The minimum Gasteiger partial charge on any atom is -0.366 e. The molecule has 0 aromatic heterocycles. The molecule has 0 saturated heterocycles. The van der Waals surface area contributed by atoms with Gasteiger partial charge in [0.05, 0.1) is 0 Å². The normalized spacial score (nSPS) is 21.0. The Morgan fingerprint density at radius 1 is 1.22 bits per heavy atom. The summed E-state index contributed by atoms with van der Waals surface area (Å²) in [6.45, 7) is 4.04. The van der Waals surface area contributed by atoms with Gasteiger partial charge in [0.15, 0.2) is 0 Å². The molecule has 0 heterocycles. The molecule has 2 rings (SSSR count). The summed E-state index contributed by atoms with van der Waals surface area (Å²) in [6, 6.07) is 5.27. The zero-order chi connectivity index (χ0) is 16.8. The highest BCUT2D eigenvalue weighted by molar-refractivity contribution is 5.99. The first-order chi connectivity index (χ1) is 11.0. The Morgan fingerprint density at radius 3 is 2.52 bits per heavy atom. The monoisotopic (exact) mass is 316 g/mol. The van der Waals surface area contributed by atoms with Crippen LogP contribution in [0, 0.1) is 18.8 Å². The first-order valence-electron chi connectivity index (χ1n) is 8.73. The van der Waals surface area contributed by atoms with E-state index in [9.17, 15) is 9.59 Å². The lowest BCUT2D eigenvalue weighted by Gasteiger charge is -2.28. The number of unbranched alkanes of at least 4 members (excludes halogenated alkanes) is 1. The van der Waals surface area contributed by atoms with E-state index in [2.05, 4.69) is 12.2 Å². The van der Waals surface area contributed by atoms with Crippen LogP contribution >= 0.6 is 0 Å². The van der Waals surface area contributed by atoms with Gasteiger partial charge in [-0.25, -0.2) is 0 Å². The molecule has 4 heteroatoms. The summed E-state index contributed by atoms with van der Waals surface area (Å²) >= 11 is 0. The van der Waals surface area contributed by atoms with E-state index in [1.807, 2.05) is 13.0 Å². The molecular weight excluding hydrogens is 288 g/mol. The topological polar surface area (TPSA) is 72.2 Å². The second kappa shape index (κ2) is 8.14. The van der Waals surface area contributed by atoms with Crippen LogP contribution in [0.15, 0.2) is 18.2 Å². The van der Waals surface area contributed by atoms with Crippen LogP contribution in [0.4, 0.5) is 5.69 Å². The van der Waals surface area contributed by atoms with Crippen LogP contribution in [0.5, 0.6) is 0 Å². The van der Waals surface area contributed by atoms with E-state index in [1.165, 1.54) is 19.3 Å². The molecule has 3 N–H and O–H groups in total. The third kappa shape index (κ3) is 4.57. The highest BCUT2D eigenvalue weighted by atomic mass is 16.2. The van der Waals surface area contributed by atoms with Crippen LogP contribution in [0.2, 0.25) is 0 Å². The SMILES string of the molecule is CCCCC1CCC(C(=O)Nc2cccc(C(N)=O)c2C)CC1. The number of carbonyl (C=O) groups is 2. The second-order valence-electron chi connectivity index (χ2n) is 6.69. The maximum absolute atomic E-state index is 12.5. The molecule has 126 valence electrons. The van der Waals surface area contributed by atoms with Gasteiger partial charge in [-0.15, -0.1) is 0 Å². The highest BCUT2D eigenvalue weighted by Gasteiger charge is 2.26. The van der Waals surface area contributed by atoms with Gasteiger partial charge in [0.2, 0.25) is 11.8 Å². The average molecular weight is 316 g/mol. The summed E-state index contributed by atoms with van der Waals surface area (Å²) in [7, 11) is 0. The van der Waals surface area contributed by atoms with Crippen LogP contribution in [0.3, 0.4) is 0 Å². The number of nitrogens with one attached hydrogen (secondary N) is 1. The molecule has 1 aromatic rings. The Bertz CT molecular complexity index is 560. The van der Waals surface area contributed by atoms with E-state index < -0.39 is 5.91 Å². The van der Waals surface area contributed by atoms with Crippen molar-refractivity contribution >= 4 is 17.5 Å². The summed E-state index contributed by atoms with van der Waals surface area (Å²) in [4.78, 5) is 23.9. The summed E-state index contributed by atoms with van der Waals surface area (Å²) in [5, 5.41) is 2.99. The highest BCUT2D eigenvalue weighted by Crippen LogP contribution is 2.32. The number of amides is 2. The molecule has 1 aromatic carbocycles. The largest absolute Gasteiger partial charge is 0.366 e. The Morgan fingerprint density at radius 2 is 1.91 bits per heavy atom. The first-order valence-corrected chi connectivity index (χ1v) is 8.73. The number of hydrogen-bond acceptors (Lipinski definition) is 2. The van der Waals surface area contributed by atoms with Crippen molar-refractivity contribution in [1.29, 1.82) is 0 Å². The van der Waals surface area contributed by atoms with Crippen LogP contribution in [0.1, 0.15) is 67.8 Å². The van der Waals surface area contributed by atoms with E-state index >= 15 is 0 Å². The first kappa shape index (κ1) is 17.5. The van der Waals surface area contributed by atoms with Gasteiger partial charge < -0.3 is 11.1 Å². The number of benzene rings is 1. The predicted molar refractivity (Wildman–Crippen MR) is 93.3 cm³/mol. The van der Waals surface area contributed by atoms with Gasteiger partial charge in [-0.3, -0.25) is 9.59 Å². The van der Waals surface area contributed by atoms with Gasteiger partial charge in [-0.05, 0) is 56.2 Å². The molecule has 1 saturated carbocycles. The Labute approximate surface area is 138 Å². The van der Waals surface area contributed by atoms with Gasteiger partial charge in [0.25, 0.3) is 0 Å². The van der Waals surface area contributed by atoms with E-state index in [4.69, 9.17) is 5.73 Å². The smallest absolute Gasteiger partial charge is 0.249 e. The van der Waals surface area contributed by atoms with E-state index in [-0.39, 0.29) is 11.8 Å². The lowest BCUT2D eigenvalue weighted by atomic mass is 9.79. The van der Waals surface area contributed by atoms with Crippen molar-refractivity contribution in [2.45, 2.75) is 58.8 Å². The molecular formula is C19H28N2O2. The number of hydrogen-bond donors (Lipinski definition) is 2. The molecule has 4 nitrogen and oxygen atoms in total. The van der Waals surface area contributed by atoms with Crippen molar-refractivity contribution < 1.29 is 9.59 Å². The lowest BCUT2D eigenvalue weighted by Crippen LogP contribution is -2.27. The summed E-state index contributed by atoms with van der Waals surface area (Å²) in [5.74, 6) is 0.488. The molecule has 0 bridgehead atoms. The third-order valence-electron chi connectivity index (χ3n) is 5.04. The second-order valence-corrected chi connectivity index (χ2v) is 6.69. The zero-order valence-electron chi connectivity index (χ0n) is 14.2. The van der Waals surface area contributed by atoms with Gasteiger partial charge in [0.1, 0.15) is 0 Å². The third-order valence-corrected chi connectivity index (χ3v) is 5.04. The molecule has 1 aliphatic carbocycles. The Balaban J connectivity index is 1.93. The summed E-state index contributed by atoms with van der Waals surface area (Å²) in [6.07, 6.45) is 8.07. The molecule has 0 radical (unpaired) electrons. The maximum Gasteiger partial charge on any atom is 0.249 e. The zero-order valence-corrected chi connectivity index (χ0v) is 14.2. The van der Waals surface area contributed by atoms with E-state index in [0.717, 1.165) is 37.2 Å². The molecule has 0 unspecified atom stereocenters. The molecule has 1 fully saturated rings. The number of rotatable bonds is 6. The fraction of sp³-hybridized carbons (Fsp3) is 0.579. The van der Waals surface area contributed by atoms with Crippen LogP contribution in [-0.2, 0) is 4.79 Å². The molecule has 2 amide bonds.